The first-order chi connectivity index (χ1) is 8.06. The highest BCUT2D eigenvalue weighted by Crippen LogP contribution is 2.16. The molecule has 17 heavy (non-hydrogen) atoms. The summed E-state index contributed by atoms with van der Waals surface area (Å²) < 4.78 is 1.67. The topological polar surface area (TPSA) is 85.9 Å². The van der Waals surface area contributed by atoms with Gasteiger partial charge in [-0.05, 0) is 13.8 Å². The molecule has 1 atom stereocenters. The Kier molecular flexibility index (Phi) is 4.94. The van der Waals surface area contributed by atoms with Gasteiger partial charge >= 0.3 is 0 Å². The number of nitrogens with zero attached hydrogens (tertiary/aromatic N) is 3. The van der Waals surface area contributed by atoms with Crippen molar-refractivity contribution < 1.29 is 5.11 Å². The second-order valence-corrected chi connectivity index (χ2v) is 4.02. The van der Waals surface area contributed by atoms with Gasteiger partial charge in [0, 0.05) is 26.7 Å². The van der Waals surface area contributed by atoms with Gasteiger partial charge in [0.15, 0.2) is 0 Å². The van der Waals surface area contributed by atoms with Crippen molar-refractivity contribution in [3.05, 3.63) is 11.3 Å². The molecule has 0 saturated heterocycles. The van der Waals surface area contributed by atoms with Crippen LogP contribution in [0.25, 0.3) is 0 Å². The lowest BCUT2D eigenvalue weighted by Gasteiger charge is -2.09. The normalized spacial score (nSPS) is 12.2. The van der Waals surface area contributed by atoms with Crippen LogP contribution in [0.5, 0.6) is 0 Å². The zero-order valence-corrected chi connectivity index (χ0v) is 10.5. The Balaban J connectivity index is 2.44. The van der Waals surface area contributed by atoms with Crippen LogP contribution in [0.3, 0.4) is 0 Å². The zero-order chi connectivity index (χ0) is 12.8. The maximum atomic E-state index is 9.06. The van der Waals surface area contributed by atoms with Crippen LogP contribution in [0.15, 0.2) is 0 Å². The van der Waals surface area contributed by atoms with E-state index in [0.717, 1.165) is 18.1 Å². The van der Waals surface area contributed by atoms with Crippen LogP contribution in [0.1, 0.15) is 18.2 Å². The average Bonchev–Trinajstić information content (AvgIpc) is 2.52. The quantitative estimate of drug-likeness (QED) is 0.605. The first kappa shape index (κ1) is 13.5. The van der Waals surface area contributed by atoms with Gasteiger partial charge in [-0.15, -0.1) is 0 Å². The molecule has 1 heterocycles. The number of nitriles is 1. The van der Waals surface area contributed by atoms with Gasteiger partial charge in [-0.1, -0.05) is 0 Å². The van der Waals surface area contributed by atoms with Crippen LogP contribution >= 0.6 is 0 Å². The Morgan fingerprint density at radius 3 is 2.82 bits per heavy atom. The van der Waals surface area contributed by atoms with Crippen molar-refractivity contribution in [2.24, 2.45) is 7.05 Å². The fourth-order valence-electron chi connectivity index (χ4n) is 1.58. The molecule has 6 nitrogen and oxygen atoms in total. The number of aryl methyl sites for hydroxylation is 2. The first-order valence-corrected chi connectivity index (χ1v) is 5.62. The maximum Gasteiger partial charge on any atom is 0.142 e. The van der Waals surface area contributed by atoms with Crippen LogP contribution in [0.2, 0.25) is 0 Å². The molecule has 1 unspecified atom stereocenters. The van der Waals surface area contributed by atoms with Gasteiger partial charge in [0.05, 0.1) is 11.8 Å². The minimum atomic E-state index is -0.344. The summed E-state index contributed by atoms with van der Waals surface area (Å²) in [5.41, 5.74) is 1.32. The molecule has 94 valence electrons. The number of anilines is 1. The largest absolute Gasteiger partial charge is 0.392 e. The van der Waals surface area contributed by atoms with Gasteiger partial charge < -0.3 is 15.7 Å². The van der Waals surface area contributed by atoms with Crippen molar-refractivity contribution in [3.8, 4) is 6.07 Å². The fourth-order valence-corrected chi connectivity index (χ4v) is 1.58. The standard InChI is InChI=1S/C11H19N5O/c1-8(17)7-13-4-5-14-11-10(6-12)9(2)15-16(11)3/h8,13-14,17H,4-5,7H2,1-3H3. The molecular weight excluding hydrogens is 218 g/mol. The fraction of sp³-hybridized carbons (Fsp3) is 0.636. The molecule has 0 aliphatic heterocycles. The summed E-state index contributed by atoms with van der Waals surface area (Å²) >= 11 is 0. The Bertz CT molecular complexity index is 405. The monoisotopic (exact) mass is 237 g/mol. The van der Waals surface area contributed by atoms with Gasteiger partial charge in [0.25, 0.3) is 0 Å². The van der Waals surface area contributed by atoms with Crippen molar-refractivity contribution in [1.29, 1.82) is 5.26 Å². The van der Waals surface area contributed by atoms with Crippen molar-refractivity contribution in [2.75, 3.05) is 25.0 Å². The number of rotatable bonds is 6. The molecule has 1 aromatic heterocycles. The molecule has 0 saturated carbocycles. The van der Waals surface area contributed by atoms with E-state index in [1.54, 1.807) is 18.7 Å². The van der Waals surface area contributed by atoms with Crippen molar-refractivity contribution in [3.63, 3.8) is 0 Å². The predicted octanol–water partition coefficient (Wildman–Crippen LogP) is -0.0175. The van der Waals surface area contributed by atoms with E-state index >= 15 is 0 Å². The molecule has 6 heteroatoms. The highest BCUT2D eigenvalue weighted by atomic mass is 16.3. The van der Waals surface area contributed by atoms with Crippen molar-refractivity contribution >= 4 is 5.82 Å². The lowest BCUT2D eigenvalue weighted by atomic mass is 10.2. The highest BCUT2D eigenvalue weighted by molar-refractivity contribution is 5.54. The minimum Gasteiger partial charge on any atom is -0.392 e. The first-order valence-electron chi connectivity index (χ1n) is 5.62. The Labute approximate surface area is 101 Å². The zero-order valence-electron chi connectivity index (χ0n) is 10.5. The van der Waals surface area contributed by atoms with Crippen molar-refractivity contribution in [1.82, 2.24) is 15.1 Å². The molecule has 0 aliphatic rings. The van der Waals surface area contributed by atoms with E-state index < -0.39 is 0 Å². The summed E-state index contributed by atoms with van der Waals surface area (Å²) in [7, 11) is 1.80. The van der Waals surface area contributed by atoms with E-state index in [2.05, 4.69) is 21.8 Å². The number of hydrogen-bond acceptors (Lipinski definition) is 5. The Morgan fingerprint density at radius 1 is 1.53 bits per heavy atom. The summed E-state index contributed by atoms with van der Waals surface area (Å²) in [5, 5.41) is 28.5. The second-order valence-electron chi connectivity index (χ2n) is 4.02. The Morgan fingerprint density at radius 2 is 2.24 bits per heavy atom. The molecule has 0 aromatic carbocycles. The number of hydrogen-bond donors (Lipinski definition) is 3. The van der Waals surface area contributed by atoms with Crippen LogP contribution < -0.4 is 10.6 Å². The molecular formula is C11H19N5O. The molecule has 3 N–H and O–H groups in total. The van der Waals surface area contributed by atoms with Crippen LogP contribution in [0, 0.1) is 18.3 Å². The third-order valence-electron chi connectivity index (χ3n) is 2.37. The third-order valence-corrected chi connectivity index (χ3v) is 2.37. The van der Waals surface area contributed by atoms with Crippen molar-refractivity contribution in [2.45, 2.75) is 20.0 Å². The van der Waals surface area contributed by atoms with E-state index in [4.69, 9.17) is 10.4 Å². The third kappa shape index (κ3) is 3.73. The molecule has 0 fully saturated rings. The smallest absolute Gasteiger partial charge is 0.142 e. The molecule has 0 amide bonds. The van der Waals surface area contributed by atoms with Crippen LogP contribution in [-0.4, -0.2) is 40.6 Å². The molecule has 1 aromatic rings. The van der Waals surface area contributed by atoms with Gasteiger partial charge in [0.2, 0.25) is 0 Å². The number of aliphatic hydroxyl groups excluding tert-OH is 1. The second kappa shape index (κ2) is 6.23. The summed E-state index contributed by atoms with van der Waals surface area (Å²) in [6, 6.07) is 2.14. The highest BCUT2D eigenvalue weighted by Gasteiger charge is 2.11. The number of nitrogens with one attached hydrogen (secondary N) is 2. The van der Waals surface area contributed by atoms with E-state index in [9.17, 15) is 0 Å². The summed E-state index contributed by atoms with van der Waals surface area (Å²) in [6.45, 7) is 5.52. The van der Waals surface area contributed by atoms with Crippen LogP contribution in [0.4, 0.5) is 5.82 Å². The van der Waals surface area contributed by atoms with E-state index in [0.29, 0.717) is 18.7 Å². The summed E-state index contributed by atoms with van der Waals surface area (Å²) in [5.74, 6) is 0.740. The number of aromatic nitrogens is 2. The maximum absolute atomic E-state index is 9.06. The van der Waals surface area contributed by atoms with E-state index in [1.165, 1.54) is 0 Å². The molecule has 0 spiro atoms. The van der Waals surface area contributed by atoms with E-state index in [1.807, 2.05) is 6.92 Å². The molecule has 0 bridgehead atoms. The molecule has 1 rings (SSSR count). The minimum absolute atomic E-state index is 0.344. The lowest BCUT2D eigenvalue weighted by molar-refractivity contribution is 0.192. The number of aliphatic hydroxyl groups is 1. The predicted molar refractivity (Wildman–Crippen MR) is 65.7 cm³/mol. The van der Waals surface area contributed by atoms with Crippen LogP contribution in [-0.2, 0) is 7.05 Å². The van der Waals surface area contributed by atoms with Gasteiger partial charge in [-0.3, -0.25) is 4.68 Å². The van der Waals surface area contributed by atoms with Gasteiger partial charge in [0.1, 0.15) is 17.5 Å². The lowest BCUT2D eigenvalue weighted by Crippen LogP contribution is -2.29. The summed E-state index contributed by atoms with van der Waals surface area (Å²) in [4.78, 5) is 0. The molecule has 0 aliphatic carbocycles. The molecule has 0 radical (unpaired) electrons. The Hall–Kier alpha value is -1.58. The SMILES string of the molecule is Cc1nn(C)c(NCCNCC(C)O)c1C#N. The summed E-state index contributed by atoms with van der Waals surface area (Å²) in [6.07, 6.45) is -0.344. The van der Waals surface area contributed by atoms with E-state index in [-0.39, 0.29) is 6.10 Å². The van der Waals surface area contributed by atoms with Gasteiger partial charge in [-0.2, -0.15) is 10.4 Å². The average molecular weight is 237 g/mol. The van der Waals surface area contributed by atoms with Gasteiger partial charge in [-0.25, -0.2) is 0 Å².